The molecule has 0 unspecified atom stereocenters. The predicted molar refractivity (Wildman–Crippen MR) is 57.1 cm³/mol. The number of hydrogen-bond donors (Lipinski definition) is 1. The number of nitrogens with zero attached hydrogens (tertiary/aromatic N) is 1. The highest BCUT2D eigenvalue weighted by Gasteiger charge is 2.50. The van der Waals surface area contributed by atoms with Crippen LogP contribution in [0, 0.1) is 12.7 Å². The number of aryl methyl sites for hydroxylation is 1. The number of oxime groups is 1. The van der Waals surface area contributed by atoms with E-state index in [0.29, 0.717) is 0 Å². The molecule has 2 nitrogen and oxygen atoms in total. The first-order valence-corrected chi connectivity index (χ1v) is 5.12. The van der Waals surface area contributed by atoms with E-state index in [0.717, 1.165) is 24.0 Å². The third kappa shape index (κ3) is 1.61. The quantitative estimate of drug-likeness (QED) is 0.470. The summed E-state index contributed by atoms with van der Waals surface area (Å²) in [6, 6.07) is 4.60. The minimum atomic E-state index is -0.442. The monoisotopic (exact) mass is 227 g/mol. The van der Waals surface area contributed by atoms with Crippen molar-refractivity contribution in [1.82, 2.24) is 0 Å². The molecule has 0 aromatic heterocycles. The van der Waals surface area contributed by atoms with Crippen LogP contribution in [0.3, 0.4) is 0 Å². The third-order valence-corrected chi connectivity index (χ3v) is 3.39. The zero-order chi connectivity index (χ0) is 11.1. The van der Waals surface area contributed by atoms with Gasteiger partial charge in [-0.1, -0.05) is 22.8 Å². The fourth-order valence-corrected chi connectivity index (χ4v) is 2.21. The first kappa shape index (κ1) is 10.4. The van der Waals surface area contributed by atoms with Crippen molar-refractivity contribution in [3.05, 3.63) is 35.1 Å². The molecule has 1 aliphatic rings. The second-order valence-electron chi connectivity index (χ2n) is 3.93. The molecule has 1 N–H and O–H groups in total. The van der Waals surface area contributed by atoms with Crippen LogP contribution < -0.4 is 0 Å². The van der Waals surface area contributed by atoms with Gasteiger partial charge in [0.2, 0.25) is 0 Å². The lowest BCUT2D eigenvalue weighted by molar-refractivity contribution is 0.318. The molecule has 1 aliphatic carbocycles. The van der Waals surface area contributed by atoms with Gasteiger partial charge in [0.05, 0.1) is 5.41 Å². The normalized spacial score (nSPS) is 19.0. The molecule has 2 rings (SSSR count). The van der Waals surface area contributed by atoms with E-state index in [4.69, 9.17) is 16.8 Å². The lowest BCUT2D eigenvalue weighted by Gasteiger charge is -2.15. The van der Waals surface area contributed by atoms with Gasteiger partial charge in [0.25, 0.3) is 0 Å². The smallest absolute Gasteiger partial charge is 0.155 e. The summed E-state index contributed by atoms with van der Waals surface area (Å²) in [7, 11) is 0. The summed E-state index contributed by atoms with van der Waals surface area (Å²) in [5.41, 5.74) is 1.35. The van der Waals surface area contributed by atoms with Crippen LogP contribution in [0.4, 0.5) is 4.39 Å². The zero-order valence-electron chi connectivity index (χ0n) is 8.30. The van der Waals surface area contributed by atoms with Crippen molar-refractivity contribution < 1.29 is 9.60 Å². The Labute approximate surface area is 92.4 Å². The Morgan fingerprint density at radius 3 is 2.73 bits per heavy atom. The van der Waals surface area contributed by atoms with Crippen LogP contribution in [0.25, 0.3) is 0 Å². The molecular weight excluding hydrogens is 217 g/mol. The Balaban J connectivity index is 2.50. The van der Waals surface area contributed by atoms with Gasteiger partial charge in [0.1, 0.15) is 5.82 Å². The molecule has 0 spiro atoms. The molecule has 0 heterocycles. The molecular formula is C11H11ClFNO. The first-order valence-electron chi connectivity index (χ1n) is 4.75. The van der Waals surface area contributed by atoms with Crippen molar-refractivity contribution in [2.75, 3.05) is 0 Å². The van der Waals surface area contributed by atoms with Crippen molar-refractivity contribution in [2.45, 2.75) is 25.2 Å². The Morgan fingerprint density at radius 1 is 1.53 bits per heavy atom. The Morgan fingerprint density at radius 2 is 2.20 bits per heavy atom. The van der Waals surface area contributed by atoms with Crippen LogP contribution in [0.1, 0.15) is 24.0 Å². The minimum Gasteiger partial charge on any atom is -0.410 e. The lowest BCUT2D eigenvalue weighted by atomic mass is 9.93. The molecule has 0 bridgehead atoms. The van der Waals surface area contributed by atoms with E-state index in [-0.39, 0.29) is 11.0 Å². The van der Waals surface area contributed by atoms with Crippen molar-refractivity contribution in [1.29, 1.82) is 0 Å². The van der Waals surface area contributed by atoms with Crippen LogP contribution in [0.15, 0.2) is 23.4 Å². The molecule has 0 radical (unpaired) electrons. The van der Waals surface area contributed by atoms with Crippen LogP contribution in [-0.2, 0) is 5.41 Å². The standard InChI is InChI=1S/C11H11ClFNO/c1-7-2-3-8(13)6-9(7)11(4-5-11)10(12)14-15/h2-3,6,15H,4-5H2,1H3. The number of halogens is 2. The summed E-state index contributed by atoms with van der Waals surface area (Å²) in [6.45, 7) is 1.90. The van der Waals surface area contributed by atoms with E-state index >= 15 is 0 Å². The predicted octanol–water partition coefficient (Wildman–Crippen LogP) is 3.19. The van der Waals surface area contributed by atoms with E-state index in [2.05, 4.69) is 5.16 Å². The van der Waals surface area contributed by atoms with Crippen LogP contribution in [0.2, 0.25) is 0 Å². The third-order valence-electron chi connectivity index (χ3n) is 2.95. The lowest BCUT2D eigenvalue weighted by Crippen LogP contribution is -2.17. The number of hydrogen-bond acceptors (Lipinski definition) is 2. The second kappa shape index (κ2) is 3.49. The van der Waals surface area contributed by atoms with Gasteiger partial charge in [0, 0.05) is 0 Å². The molecule has 0 amide bonds. The fourth-order valence-electron chi connectivity index (χ4n) is 1.92. The van der Waals surface area contributed by atoms with Crippen LogP contribution in [-0.4, -0.2) is 10.4 Å². The van der Waals surface area contributed by atoms with Gasteiger partial charge >= 0.3 is 0 Å². The molecule has 1 aromatic carbocycles. The van der Waals surface area contributed by atoms with Crippen LogP contribution >= 0.6 is 11.6 Å². The summed E-state index contributed by atoms with van der Waals surface area (Å²) in [5.74, 6) is -0.288. The molecule has 1 fully saturated rings. The molecule has 4 heteroatoms. The largest absolute Gasteiger partial charge is 0.410 e. The van der Waals surface area contributed by atoms with Gasteiger partial charge in [-0.3, -0.25) is 0 Å². The first-order chi connectivity index (χ1) is 7.10. The summed E-state index contributed by atoms with van der Waals surface area (Å²) in [5, 5.41) is 11.9. The van der Waals surface area contributed by atoms with E-state index < -0.39 is 5.41 Å². The SMILES string of the molecule is Cc1ccc(F)cc1C1(C(Cl)=NO)CC1. The number of rotatable bonds is 2. The molecule has 1 aromatic rings. The van der Waals surface area contributed by atoms with Crippen molar-refractivity contribution >= 4 is 16.8 Å². The van der Waals surface area contributed by atoms with Gasteiger partial charge < -0.3 is 5.21 Å². The summed E-state index contributed by atoms with van der Waals surface area (Å²) >= 11 is 5.86. The van der Waals surface area contributed by atoms with Gasteiger partial charge in [-0.2, -0.15) is 0 Å². The van der Waals surface area contributed by atoms with E-state index in [1.807, 2.05) is 6.92 Å². The van der Waals surface area contributed by atoms with Gasteiger partial charge in [-0.25, -0.2) is 4.39 Å². The summed E-state index contributed by atoms with van der Waals surface area (Å²) in [4.78, 5) is 0. The highest BCUT2D eigenvalue weighted by molar-refractivity contribution is 6.67. The minimum absolute atomic E-state index is 0.149. The van der Waals surface area contributed by atoms with E-state index in [1.165, 1.54) is 12.1 Å². The summed E-state index contributed by atoms with van der Waals surface area (Å²) < 4.78 is 13.1. The molecule has 0 saturated heterocycles. The highest BCUT2D eigenvalue weighted by Crippen LogP contribution is 2.51. The summed E-state index contributed by atoms with van der Waals surface area (Å²) in [6.07, 6.45) is 1.61. The number of benzene rings is 1. The maximum atomic E-state index is 13.1. The van der Waals surface area contributed by atoms with Crippen LogP contribution in [0.5, 0.6) is 0 Å². The average molecular weight is 228 g/mol. The Hall–Kier alpha value is -1.09. The van der Waals surface area contributed by atoms with Gasteiger partial charge in [-0.05, 0) is 43.0 Å². The van der Waals surface area contributed by atoms with Gasteiger partial charge in [0.15, 0.2) is 5.17 Å². The maximum Gasteiger partial charge on any atom is 0.155 e. The van der Waals surface area contributed by atoms with Crippen molar-refractivity contribution in [3.8, 4) is 0 Å². The highest BCUT2D eigenvalue weighted by atomic mass is 35.5. The molecule has 0 atom stereocenters. The molecule has 1 saturated carbocycles. The van der Waals surface area contributed by atoms with Crippen molar-refractivity contribution in [3.63, 3.8) is 0 Å². The Kier molecular flexibility index (Phi) is 2.43. The Bertz CT molecular complexity index is 427. The van der Waals surface area contributed by atoms with Gasteiger partial charge in [-0.15, -0.1) is 0 Å². The fraction of sp³-hybridized carbons (Fsp3) is 0.364. The van der Waals surface area contributed by atoms with E-state index in [9.17, 15) is 4.39 Å². The average Bonchev–Trinajstić information content (AvgIpc) is 3.01. The zero-order valence-corrected chi connectivity index (χ0v) is 9.05. The second-order valence-corrected chi connectivity index (χ2v) is 4.29. The van der Waals surface area contributed by atoms with Crippen molar-refractivity contribution in [2.24, 2.45) is 5.16 Å². The molecule has 0 aliphatic heterocycles. The maximum absolute atomic E-state index is 13.1. The molecule has 15 heavy (non-hydrogen) atoms. The topological polar surface area (TPSA) is 32.6 Å². The molecule has 80 valence electrons. The van der Waals surface area contributed by atoms with E-state index in [1.54, 1.807) is 6.07 Å².